The lowest BCUT2D eigenvalue weighted by Gasteiger charge is -2.19. The number of carbonyl (C=O) groups is 1. The predicted octanol–water partition coefficient (Wildman–Crippen LogP) is 1.34. The number of rotatable bonds is 3. The van der Waals surface area contributed by atoms with Crippen LogP contribution in [0.15, 0.2) is 12.4 Å². The molecule has 94 valence electrons. The molecule has 0 bridgehead atoms. The van der Waals surface area contributed by atoms with E-state index in [0.717, 1.165) is 0 Å². The Morgan fingerprint density at radius 2 is 2.00 bits per heavy atom. The number of amides is 1. The molecule has 0 aliphatic heterocycles. The topological polar surface area (TPSA) is 85.4 Å². The van der Waals surface area contributed by atoms with Gasteiger partial charge < -0.3 is 9.47 Å². The van der Waals surface area contributed by atoms with Gasteiger partial charge in [-0.3, -0.25) is 5.43 Å². The number of carbonyl (C=O) groups excluding carboxylic acids is 1. The molecule has 1 aromatic heterocycles. The number of hydrogen-bond acceptors (Lipinski definition) is 6. The molecule has 0 atom stereocenters. The van der Waals surface area contributed by atoms with Crippen LogP contribution in [0.4, 0.5) is 10.6 Å². The Balaban J connectivity index is 2.42. The maximum Gasteiger partial charge on any atom is 0.426 e. The van der Waals surface area contributed by atoms with Crippen LogP contribution in [0, 0.1) is 0 Å². The molecular formula is C10H16N4O3. The molecule has 1 rings (SSSR count). The van der Waals surface area contributed by atoms with Crippen LogP contribution >= 0.6 is 0 Å². The van der Waals surface area contributed by atoms with Crippen molar-refractivity contribution in [2.24, 2.45) is 0 Å². The molecule has 1 heterocycles. The maximum atomic E-state index is 11.3. The third-order valence-corrected chi connectivity index (χ3v) is 1.53. The highest BCUT2D eigenvalue weighted by atomic mass is 16.6. The van der Waals surface area contributed by atoms with Crippen molar-refractivity contribution in [3.8, 4) is 5.88 Å². The lowest BCUT2D eigenvalue weighted by Crippen LogP contribution is -2.36. The number of methoxy groups -OCH3 is 1. The van der Waals surface area contributed by atoms with Crippen molar-refractivity contribution in [1.29, 1.82) is 0 Å². The molecule has 7 heteroatoms. The molecule has 0 radical (unpaired) electrons. The normalized spacial score (nSPS) is 10.6. The fraction of sp³-hybridized carbons (Fsp3) is 0.500. The minimum atomic E-state index is -0.588. The van der Waals surface area contributed by atoms with Gasteiger partial charge in [-0.15, -0.1) is 0 Å². The molecule has 0 aromatic carbocycles. The van der Waals surface area contributed by atoms with Gasteiger partial charge in [-0.2, -0.15) is 0 Å². The van der Waals surface area contributed by atoms with E-state index in [1.807, 2.05) is 0 Å². The van der Waals surface area contributed by atoms with Gasteiger partial charge in [0.05, 0.1) is 19.5 Å². The van der Waals surface area contributed by atoms with E-state index >= 15 is 0 Å². The van der Waals surface area contributed by atoms with Gasteiger partial charge in [-0.1, -0.05) is 0 Å². The Morgan fingerprint density at radius 1 is 1.29 bits per heavy atom. The number of anilines is 1. The lowest BCUT2D eigenvalue weighted by molar-refractivity contribution is 0.0541. The Kier molecular flexibility index (Phi) is 4.08. The Morgan fingerprint density at radius 3 is 2.47 bits per heavy atom. The zero-order valence-electron chi connectivity index (χ0n) is 10.3. The van der Waals surface area contributed by atoms with Crippen LogP contribution in [-0.4, -0.2) is 28.8 Å². The van der Waals surface area contributed by atoms with Crippen LogP contribution in [0.5, 0.6) is 5.88 Å². The summed E-state index contributed by atoms with van der Waals surface area (Å²) in [4.78, 5) is 19.1. The third-order valence-electron chi connectivity index (χ3n) is 1.53. The molecule has 0 unspecified atom stereocenters. The minimum absolute atomic E-state index is 0.386. The lowest BCUT2D eigenvalue weighted by atomic mass is 10.2. The quantitative estimate of drug-likeness (QED) is 0.775. The zero-order chi connectivity index (χ0) is 12.9. The van der Waals surface area contributed by atoms with Gasteiger partial charge in [-0.25, -0.2) is 20.2 Å². The van der Waals surface area contributed by atoms with E-state index in [-0.39, 0.29) is 0 Å². The van der Waals surface area contributed by atoms with E-state index in [1.54, 1.807) is 20.8 Å². The van der Waals surface area contributed by atoms with Crippen LogP contribution in [0.3, 0.4) is 0 Å². The van der Waals surface area contributed by atoms with Gasteiger partial charge in [0.1, 0.15) is 5.60 Å². The first-order valence-electron chi connectivity index (χ1n) is 5.02. The second-order valence-corrected chi connectivity index (χ2v) is 4.20. The van der Waals surface area contributed by atoms with Crippen molar-refractivity contribution in [3.63, 3.8) is 0 Å². The second-order valence-electron chi connectivity index (χ2n) is 4.20. The Labute approximate surface area is 99.5 Å². The number of hydrazine groups is 1. The first kappa shape index (κ1) is 13.0. The van der Waals surface area contributed by atoms with Crippen molar-refractivity contribution < 1.29 is 14.3 Å². The van der Waals surface area contributed by atoms with E-state index in [0.29, 0.717) is 11.7 Å². The number of nitrogens with zero attached hydrogens (tertiary/aromatic N) is 2. The molecule has 0 saturated heterocycles. The molecular weight excluding hydrogens is 224 g/mol. The summed E-state index contributed by atoms with van der Waals surface area (Å²) in [5.74, 6) is 0.782. The van der Waals surface area contributed by atoms with Crippen molar-refractivity contribution in [2.45, 2.75) is 26.4 Å². The van der Waals surface area contributed by atoms with E-state index in [1.165, 1.54) is 19.5 Å². The fourth-order valence-corrected chi connectivity index (χ4v) is 0.905. The van der Waals surface area contributed by atoms with Crippen LogP contribution in [0.2, 0.25) is 0 Å². The predicted molar refractivity (Wildman–Crippen MR) is 61.6 cm³/mol. The Bertz CT molecular complexity index is 372. The number of aromatic nitrogens is 2. The van der Waals surface area contributed by atoms with E-state index in [4.69, 9.17) is 9.47 Å². The molecule has 0 fully saturated rings. The fourth-order valence-electron chi connectivity index (χ4n) is 0.905. The largest absolute Gasteiger partial charge is 0.480 e. The molecule has 17 heavy (non-hydrogen) atoms. The summed E-state index contributed by atoms with van der Waals surface area (Å²) in [5.41, 5.74) is 4.36. The van der Waals surface area contributed by atoms with Crippen LogP contribution in [0.25, 0.3) is 0 Å². The number of hydrogen-bond donors (Lipinski definition) is 2. The first-order valence-corrected chi connectivity index (χ1v) is 5.02. The summed E-state index contributed by atoms with van der Waals surface area (Å²) in [6, 6.07) is 0. The zero-order valence-corrected chi connectivity index (χ0v) is 10.3. The van der Waals surface area contributed by atoms with Crippen LogP contribution in [-0.2, 0) is 4.74 Å². The molecule has 0 saturated carbocycles. The van der Waals surface area contributed by atoms with E-state index in [9.17, 15) is 4.79 Å². The third kappa shape index (κ3) is 5.01. The highest BCUT2D eigenvalue weighted by Crippen LogP contribution is 2.07. The number of nitrogens with one attached hydrogen (secondary N) is 2. The van der Waals surface area contributed by atoms with Crippen LogP contribution < -0.4 is 15.6 Å². The van der Waals surface area contributed by atoms with Gasteiger partial charge in [0.15, 0.2) is 5.82 Å². The summed E-state index contributed by atoms with van der Waals surface area (Å²) >= 11 is 0. The summed E-state index contributed by atoms with van der Waals surface area (Å²) in [5, 5.41) is 0. The van der Waals surface area contributed by atoms with Gasteiger partial charge in [0, 0.05) is 0 Å². The summed E-state index contributed by atoms with van der Waals surface area (Å²) < 4.78 is 9.87. The number of ether oxygens (including phenoxy) is 2. The SMILES string of the molecule is COc1cnc(NNC(=O)OC(C)(C)C)cn1. The molecule has 7 nitrogen and oxygen atoms in total. The van der Waals surface area contributed by atoms with E-state index in [2.05, 4.69) is 20.8 Å². The first-order chi connectivity index (χ1) is 7.90. The van der Waals surface area contributed by atoms with Crippen molar-refractivity contribution in [2.75, 3.05) is 12.5 Å². The molecule has 1 aromatic rings. The minimum Gasteiger partial charge on any atom is -0.480 e. The van der Waals surface area contributed by atoms with E-state index < -0.39 is 11.7 Å². The Hall–Kier alpha value is -2.05. The van der Waals surface area contributed by atoms with Crippen molar-refractivity contribution in [3.05, 3.63) is 12.4 Å². The highest BCUT2D eigenvalue weighted by Gasteiger charge is 2.15. The maximum absolute atomic E-state index is 11.3. The van der Waals surface area contributed by atoms with Crippen molar-refractivity contribution in [1.82, 2.24) is 15.4 Å². The summed E-state index contributed by atoms with van der Waals surface area (Å²) in [6.07, 6.45) is 2.27. The monoisotopic (exact) mass is 240 g/mol. The summed E-state index contributed by atoms with van der Waals surface area (Å²) in [7, 11) is 1.50. The molecule has 0 aliphatic carbocycles. The second kappa shape index (κ2) is 5.33. The van der Waals surface area contributed by atoms with Gasteiger partial charge in [0.2, 0.25) is 5.88 Å². The molecule has 2 N–H and O–H groups in total. The van der Waals surface area contributed by atoms with Crippen LogP contribution in [0.1, 0.15) is 20.8 Å². The molecule has 0 spiro atoms. The smallest absolute Gasteiger partial charge is 0.426 e. The van der Waals surface area contributed by atoms with Gasteiger partial charge >= 0.3 is 6.09 Å². The molecule has 1 amide bonds. The van der Waals surface area contributed by atoms with Crippen molar-refractivity contribution >= 4 is 11.9 Å². The molecule has 0 aliphatic rings. The average molecular weight is 240 g/mol. The van der Waals surface area contributed by atoms with Gasteiger partial charge in [-0.05, 0) is 20.8 Å². The highest BCUT2D eigenvalue weighted by molar-refractivity contribution is 5.69. The summed E-state index contributed by atoms with van der Waals surface area (Å²) in [6.45, 7) is 5.33. The van der Waals surface area contributed by atoms with Gasteiger partial charge in [0.25, 0.3) is 0 Å². The average Bonchev–Trinajstić information content (AvgIpc) is 2.25. The standard InChI is InChI=1S/C10H16N4O3/c1-10(2,3)17-9(15)14-13-7-5-12-8(16-4)6-11-7/h5-6H,1-4H3,(H,11,13)(H,14,15).